The fourth-order valence-electron chi connectivity index (χ4n) is 0.611. The third kappa shape index (κ3) is 2.00. The highest BCUT2D eigenvalue weighted by molar-refractivity contribution is 5.83. The summed E-state index contributed by atoms with van der Waals surface area (Å²) in [6, 6.07) is 0. The lowest BCUT2D eigenvalue weighted by molar-refractivity contribution is 0.660. The first-order chi connectivity index (χ1) is 4.71. The van der Waals surface area contributed by atoms with Crippen LogP contribution < -0.4 is 0 Å². The number of aliphatic imine (C=N–C) groups is 2. The Morgan fingerprint density at radius 2 is 2.20 bits per heavy atom. The standard InChI is InChI=1S/C8H10N2/c1-8(2)4-7-9-5-3-6-10-8/h3-4,6-7H,1-2H3/b7-4-,10-6?. The summed E-state index contributed by atoms with van der Waals surface area (Å²) in [4.78, 5) is 8.07. The smallest absolute Gasteiger partial charge is 0.0749 e. The Balaban J connectivity index is 2.90. The van der Waals surface area contributed by atoms with Gasteiger partial charge in [-0.3, -0.25) is 4.99 Å². The summed E-state index contributed by atoms with van der Waals surface area (Å²) in [6.45, 7) is 4.04. The fourth-order valence-corrected chi connectivity index (χ4v) is 0.611. The van der Waals surface area contributed by atoms with Crippen LogP contribution in [-0.4, -0.2) is 17.6 Å². The predicted octanol–water partition coefficient (Wildman–Crippen LogP) is 1.59. The molecule has 0 aliphatic carbocycles. The third-order valence-corrected chi connectivity index (χ3v) is 1.19. The van der Waals surface area contributed by atoms with Gasteiger partial charge in [0.1, 0.15) is 0 Å². The molecule has 0 saturated heterocycles. The molecule has 52 valence electrons. The van der Waals surface area contributed by atoms with Crippen molar-refractivity contribution in [2.45, 2.75) is 19.4 Å². The molecule has 10 heavy (non-hydrogen) atoms. The van der Waals surface area contributed by atoms with Crippen molar-refractivity contribution in [3.8, 4) is 0 Å². The SMILES string of the molecule is CC1(C)/C=C\N=C=CC=N1. The quantitative estimate of drug-likeness (QED) is 0.480. The average Bonchev–Trinajstić information content (AvgIpc) is 1.81. The number of nitrogens with zero attached hydrogens (tertiary/aromatic N) is 2. The van der Waals surface area contributed by atoms with Gasteiger partial charge in [0.2, 0.25) is 0 Å². The average molecular weight is 134 g/mol. The number of rotatable bonds is 0. The minimum Gasteiger partial charge on any atom is -0.282 e. The Morgan fingerprint density at radius 1 is 1.40 bits per heavy atom. The van der Waals surface area contributed by atoms with Gasteiger partial charge >= 0.3 is 0 Å². The Labute approximate surface area is 60.7 Å². The second kappa shape index (κ2) is 2.63. The molecule has 0 aromatic carbocycles. The van der Waals surface area contributed by atoms with Gasteiger partial charge in [-0.05, 0) is 25.8 Å². The lowest BCUT2D eigenvalue weighted by Gasteiger charge is -2.12. The first-order valence-electron chi connectivity index (χ1n) is 3.21. The molecule has 0 amide bonds. The summed E-state index contributed by atoms with van der Waals surface area (Å²) in [5.41, 5.74) is -0.123. The van der Waals surface area contributed by atoms with Crippen LogP contribution in [0.3, 0.4) is 0 Å². The Hall–Kier alpha value is -1.14. The van der Waals surface area contributed by atoms with E-state index in [1.165, 1.54) is 0 Å². The van der Waals surface area contributed by atoms with Crippen molar-refractivity contribution < 1.29 is 0 Å². The van der Waals surface area contributed by atoms with Crippen molar-refractivity contribution in [3.63, 3.8) is 0 Å². The van der Waals surface area contributed by atoms with Crippen LogP contribution in [0.5, 0.6) is 0 Å². The largest absolute Gasteiger partial charge is 0.282 e. The van der Waals surface area contributed by atoms with Gasteiger partial charge in [-0.25, -0.2) is 4.99 Å². The van der Waals surface area contributed by atoms with Crippen LogP contribution in [0.25, 0.3) is 0 Å². The highest BCUT2D eigenvalue weighted by atomic mass is 14.8. The molecule has 0 radical (unpaired) electrons. The van der Waals surface area contributed by atoms with E-state index in [-0.39, 0.29) is 5.54 Å². The van der Waals surface area contributed by atoms with Crippen LogP contribution in [0.15, 0.2) is 28.3 Å². The van der Waals surface area contributed by atoms with Crippen molar-refractivity contribution in [2.24, 2.45) is 9.98 Å². The summed E-state index contributed by atoms with van der Waals surface area (Å²) in [5.74, 6) is 2.69. The normalized spacial score (nSPS) is 23.8. The van der Waals surface area contributed by atoms with Crippen LogP contribution in [0.2, 0.25) is 0 Å². The first-order valence-corrected chi connectivity index (χ1v) is 3.21. The maximum absolute atomic E-state index is 4.23. The summed E-state index contributed by atoms with van der Waals surface area (Å²) < 4.78 is 0. The maximum atomic E-state index is 4.23. The van der Waals surface area contributed by atoms with Crippen molar-refractivity contribution in [3.05, 3.63) is 18.4 Å². The molecule has 0 unspecified atom stereocenters. The Kier molecular flexibility index (Phi) is 1.83. The maximum Gasteiger partial charge on any atom is 0.0749 e. The lowest BCUT2D eigenvalue weighted by atomic mass is 10.1. The second-order valence-electron chi connectivity index (χ2n) is 2.67. The van der Waals surface area contributed by atoms with E-state index in [4.69, 9.17) is 0 Å². The van der Waals surface area contributed by atoms with Crippen LogP contribution in [0.1, 0.15) is 13.8 Å². The van der Waals surface area contributed by atoms with Crippen molar-refractivity contribution >= 4 is 12.1 Å². The Bertz CT molecular complexity index is 208. The van der Waals surface area contributed by atoms with E-state index in [2.05, 4.69) is 15.9 Å². The second-order valence-corrected chi connectivity index (χ2v) is 2.67. The predicted molar refractivity (Wildman–Crippen MR) is 43.7 cm³/mol. The molecule has 0 saturated carbocycles. The minimum atomic E-state index is -0.123. The molecule has 1 aliphatic heterocycles. The molecule has 0 fully saturated rings. The zero-order valence-electron chi connectivity index (χ0n) is 6.20. The molecule has 0 aromatic rings. The zero-order chi connectivity index (χ0) is 7.45. The van der Waals surface area contributed by atoms with E-state index < -0.39 is 0 Å². The minimum absolute atomic E-state index is 0.123. The van der Waals surface area contributed by atoms with Gasteiger partial charge in [-0.15, -0.1) is 0 Å². The number of hydrogen-bond donors (Lipinski definition) is 0. The summed E-state index contributed by atoms with van der Waals surface area (Å²) >= 11 is 0. The molecule has 1 rings (SSSR count). The van der Waals surface area contributed by atoms with E-state index in [9.17, 15) is 0 Å². The molecule has 2 heteroatoms. The Morgan fingerprint density at radius 3 is 3.00 bits per heavy atom. The van der Waals surface area contributed by atoms with Gasteiger partial charge in [-0.1, -0.05) is 0 Å². The van der Waals surface area contributed by atoms with E-state index >= 15 is 0 Å². The molecule has 0 bridgehead atoms. The monoisotopic (exact) mass is 134 g/mol. The van der Waals surface area contributed by atoms with Gasteiger partial charge in [-0.2, -0.15) is 0 Å². The van der Waals surface area contributed by atoms with Crippen molar-refractivity contribution in [1.29, 1.82) is 0 Å². The zero-order valence-corrected chi connectivity index (χ0v) is 6.20. The molecule has 0 spiro atoms. The molecule has 0 atom stereocenters. The third-order valence-electron chi connectivity index (χ3n) is 1.19. The van der Waals surface area contributed by atoms with Crippen LogP contribution in [0.4, 0.5) is 0 Å². The summed E-state index contributed by atoms with van der Waals surface area (Å²) in [7, 11) is 0. The van der Waals surface area contributed by atoms with Gasteiger partial charge in [0.05, 0.1) is 5.54 Å². The van der Waals surface area contributed by atoms with Gasteiger partial charge in [0.15, 0.2) is 0 Å². The molecule has 1 heterocycles. The van der Waals surface area contributed by atoms with Gasteiger partial charge in [0, 0.05) is 18.5 Å². The van der Waals surface area contributed by atoms with E-state index in [0.29, 0.717) is 0 Å². The van der Waals surface area contributed by atoms with E-state index in [1.54, 1.807) is 18.5 Å². The summed E-state index contributed by atoms with van der Waals surface area (Å²) in [6.07, 6.45) is 7.06. The van der Waals surface area contributed by atoms with Crippen LogP contribution in [-0.2, 0) is 0 Å². The molecule has 0 N–H and O–H groups in total. The molecular formula is C8H10N2. The lowest BCUT2D eigenvalue weighted by Crippen LogP contribution is -2.12. The van der Waals surface area contributed by atoms with Crippen LogP contribution >= 0.6 is 0 Å². The van der Waals surface area contributed by atoms with Crippen LogP contribution in [0, 0.1) is 0 Å². The topological polar surface area (TPSA) is 24.7 Å². The first kappa shape index (κ1) is 6.97. The van der Waals surface area contributed by atoms with Crippen molar-refractivity contribution in [1.82, 2.24) is 0 Å². The highest BCUT2D eigenvalue weighted by Crippen LogP contribution is 2.09. The highest BCUT2D eigenvalue weighted by Gasteiger charge is 2.08. The molecular weight excluding hydrogens is 124 g/mol. The van der Waals surface area contributed by atoms with E-state index in [1.807, 2.05) is 19.9 Å². The van der Waals surface area contributed by atoms with Gasteiger partial charge in [0.25, 0.3) is 0 Å². The van der Waals surface area contributed by atoms with Crippen molar-refractivity contribution in [2.75, 3.05) is 0 Å². The summed E-state index contributed by atoms with van der Waals surface area (Å²) in [5, 5.41) is 0. The van der Waals surface area contributed by atoms with Gasteiger partial charge < -0.3 is 0 Å². The molecule has 2 nitrogen and oxygen atoms in total. The number of allylic oxidation sites excluding steroid dienone is 1. The molecule has 0 aromatic heterocycles. The van der Waals surface area contributed by atoms with E-state index in [0.717, 1.165) is 0 Å². The fraction of sp³-hybridized carbons (Fsp3) is 0.375. The number of hydrogen-bond acceptors (Lipinski definition) is 2. The molecule has 1 aliphatic rings.